The highest BCUT2D eigenvalue weighted by Gasteiger charge is 2.13. The topological polar surface area (TPSA) is 0 Å². The van der Waals surface area contributed by atoms with Crippen molar-refractivity contribution in [1.82, 2.24) is 0 Å². The molecule has 0 saturated carbocycles. The van der Waals surface area contributed by atoms with Crippen LogP contribution in [0.1, 0.15) is 25.0 Å². The zero-order valence-electron chi connectivity index (χ0n) is 15.2. The summed E-state index contributed by atoms with van der Waals surface area (Å²) in [5, 5.41) is 2.94. The van der Waals surface area contributed by atoms with Crippen LogP contribution in [0.5, 0.6) is 0 Å². The smallest absolute Gasteiger partial charge is 0.0195 e. The summed E-state index contributed by atoms with van der Waals surface area (Å²) in [6.07, 6.45) is 3.51. The van der Waals surface area contributed by atoms with E-state index in [-0.39, 0.29) is 7.92 Å². The van der Waals surface area contributed by atoms with Gasteiger partial charge in [0.25, 0.3) is 0 Å². The molecule has 3 aromatic rings. The summed E-state index contributed by atoms with van der Waals surface area (Å²) in [5.74, 6) is 0.717. The van der Waals surface area contributed by atoms with Gasteiger partial charge < -0.3 is 0 Å². The maximum atomic E-state index is 2.32. The Hall–Kier alpha value is -1.91. The van der Waals surface area contributed by atoms with Crippen LogP contribution >= 0.6 is 7.92 Å². The number of aryl methyl sites for hydroxylation is 1. The van der Waals surface area contributed by atoms with Crippen LogP contribution < -0.4 is 10.6 Å². The zero-order valence-corrected chi connectivity index (χ0v) is 16.1. The molecule has 0 unspecified atom stereocenters. The molecule has 0 heterocycles. The monoisotopic (exact) mass is 346 g/mol. The zero-order chi connectivity index (χ0) is 17.5. The molecule has 1 heteroatoms. The number of hydrogen-bond acceptors (Lipinski definition) is 0. The van der Waals surface area contributed by atoms with Crippen LogP contribution in [0.2, 0.25) is 0 Å². The van der Waals surface area contributed by atoms with Crippen LogP contribution in [-0.2, 0) is 12.8 Å². The highest BCUT2D eigenvalue weighted by molar-refractivity contribution is 7.73. The van der Waals surface area contributed by atoms with Crippen molar-refractivity contribution in [2.45, 2.75) is 26.7 Å². The molecule has 3 aromatic carbocycles. The van der Waals surface area contributed by atoms with E-state index in [1.165, 1.54) is 34.3 Å². The summed E-state index contributed by atoms with van der Waals surface area (Å²) in [6.45, 7) is 4.56. The molecule has 25 heavy (non-hydrogen) atoms. The average molecular weight is 346 g/mol. The third kappa shape index (κ3) is 5.28. The number of rotatable bonds is 7. The van der Waals surface area contributed by atoms with Gasteiger partial charge in [-0.25, -0.2) is 0 Å². The Morgan fingerprint density at radius 3 is 1.60 bits per heavy atom. The fourth-order valence-electron chi connectivity index (χ4n) is 3.18. The molecule has 128 valence electrons. The minimum Gasteiger partial charge on any atom is -0.0625 e. The van der Waals surface area contributed by atoms with E-state index in [2.05, 4.69) is 98.8 Å². The minimum absolute atomic E-state index is 0.296. The summed E-state index contributed by atoms with van der Waals surface area (Å²) in [4.78, 5) is 0. The molecule has 0 bridgehead atoms. The Bertz CT molecular complexity index is 706. The molecule has 0 saturated heterocycles. The first-order valence-corrected chi connectivity index (χ1v) is 10.7. The molecule has 0 aliphatic heterocycles. The van der Waals surface area contributed by atoms with E-state index in [0.29, 0.717) is 0 Å². The molecular formula is C24H27P. The lowest BCUT2D eigenvalue weighted by atomic mass is 10.0. The maximum Gasteiger partial charge on any atom is -0.0195 e. The van der Waals surface area contributed by atoms with Gasteiger partial charge in [-0.2, -0.15) is 0 Å². The summed E-state index contributed by atoms with van der Waals surface area (Å²) < 4.78 is 0. The summed E-state index contributed by atoms with van der Waals surface area (Å²) >= 11 is 0. The van der Waals surface area contributed by atoms with Crippen molar-refractivity contribution < 1.29 is 0 Å². The first-order valence-electron chi connectivity index (χ1n) is 9.18. The average Bonchev–Trinajstić information content (AvgIpc) is 2.65. The van der Waals surface area contributed by atoms with E-state index < -0.39 is 0 Å². The van der Waals surface area contributed by atoms with Crippen molar-refractivity contribution in [3.63, 3.8) is 0 Å². The second-order valence-corrected chi connectivity index (χ2v) is 9.32. The van der Waals surface area contributed by atoms with Gasteiger partial charge in [0.1, 0.15) is 0 Å². The van der Waals surface area contributed by atoms with Gasteiger partial charge in [0.05, 0.1) is 0 Å². The predicted molar refractivity (Wildman–Crippen MR) is 113 cm³/mol. The molecule has 0 aliphatic rings. The molecular weight excluding hydrogens is 319 g/mol. The Labute approximate surface area is 153 Å². The lowest BCUT2D eigenvalue weighted by Crippen LogP contribution is -2.14. The van der Waals surface area contributed by atoms with Crippen LogP contribution in [-0.4, -0.2) is 6.16 Å². The highest BCUT2D eigenvalue weighted by atomic mass is 31.1. The SMILES string of the molecule is CC(C)Cc1ccc(CCP(c2ccccc2)c2ccccc2)cc1. The van der Waals surface area contributed by atoms with Gasteiger partial charge >= 0.3 is 0 Å². The van der Waals surface area contributed by atoms with E-state index >= 15 is 0 Å². The molecule has 0 aromatic heterocycles. The quantitative estimate of drug-likeness (QED) is 0.491. The Morgan fingerprint density at radius 2 is 1.12 bits per heavy atom. The largest absolute Gasteiger partial charge is 0.0625 e. The number of benzene rings is 3. The summed E-state index contributed by atoms with van der Waals surface area (Å²) in [7, 11) is -0.296. The van der Waals surface area contributed by atoms with Crippen molar-refractivity contribution in [2.75, 3.05) is 6.16 Å². The minimum atomic E-state index is -0.296. The molecule has 0 amide bonds. The second-order valence-electron chi connectivity index (χ2n) is 6.99. The van der Waals surface area contributed by atoms with E-state index in [9.17, 15) is 0 Å². The van der Waals surface area contributed by atoms with Gasteiger partial charge in [-0.15, -0.1) is 0 Å². The number of hydrogen-bond donors (Lipinski definition) is 0. The van der Waals surface area contributed by atoms with E-state index in [1.807, 2.05) is 0 Å². The maximum absolute atomic E-state index is 2.32. The first-order chi connectivity index (χ1) is 12.2. The lowest BCUT2D eigenvalue weighted by Gasteiger charge is -2.19. The van der Waals surface area contributed by atoms with Gasteiger partial charge in [0, 0.05) is 0 Å². The van der Waals surface area contributed by atoms with Crippen LogP contribution in [0.25, 0.3) is 0 Å². The van der Waals surface area contributed by atoms with E-state index in [0.717, 1.165) is 12.3 Å². The van der Waals surface area contributed by atoms with Crippen molar-refractivity contribution in [2.24, 2.45) is 5.92 Å². The summed E-state index contributed by atoms with van der Waals surface area (Å²) in [5.41, 5.74) is 2.90. The van der Waals surface area contributed by atoms with Crippen LogP contribution in [0.4, 0.5) is 0 Å². The van der Waals surface area contributed by atoms with Gasteiger partial charge in [-0.05, 0) is 54.6 Å². The van der Waals surface area contributed by atoms with Gasteiger partial charge in [-0.3, -0.25) is 0 Å². The Balaban J connectivity index is 1.73. The van der Waals surface area contributed by atoms with Crippen molar-refractivity contribution in [3.05, 3.63) is 96.1 Å². The first kappa shape index (κ1) is 17.9. The molecule has 0 nitrogen and oxygen atoms in total. The summed E-state index contributed by atoms with van der Waals surface area (Å²) in [6, 6.07) is 31.2. The molecule has 0 spiro atoms. The second kappa shape index (κ2) is 8.97. The van der Waals surface area contributed by atoms with Crippen LogP contribution in [0.15, 0.2) is 84.9 Å². The molecule has 0 aliphatic carbocycles. The lowest BCUT2D eigenvalue weighted by molar-refractivity contribution is 0.647. The van der Waals surface area contributed by atoms with Gasteiger partial charge in [-0.1, -0.05) is 98.8 Å². The molecule has 0 N–H and O–H groups in total. The Morgan fingerprint density at radius 1 is 0.640 bits per heavy atom. The van der Waals surface area contributed by atoms with Gasteiger partial charge in [0.2, 0.25) is 0 Å². The van der Waals surface area contributed by atoms with E-state index in [4.69, 9.17) is 0 Å². The highest BCUT2D eigenvalue weighted by Crippen LogP contribution is 2.34. The molecule has 0 radical (unpaired) electrons. The van der Waals surface area contributed by atoms with Crippen molar-refractivity contribution >= 4 is 18.5 Å². The Kier molecular flexibility index (Phi) is 6.42. The van der Waals surface area contributed by atoms with Crippen molar-refractivity contribution in [1.29, 1.82) is 0 Å². The van der Waals surface area contributed by atoms with Crippen LogP contribution in [0.3, 0.4) is 0 Å². The molecule has 0 fully saturated rings. The van der Waals surface area contributed by atoms with E-state index in [1.54, 1.807) is 0 Å². The fourth-order valence-corrected chi connectivity index (χ4v) is 5.54. The third-order valence-corrected chi connectivity index (χ3v) is 6.94. The third-order valence-electron chi connectivity index (χ3n) is 4.43. The van der Waals surface area contributed by atoms with Gasteiger partial charge in [0.15, 0.2) is 0 Å². The fraction of sp³-hybridized carbons (Fsp3) is 0.250. The normalized spacial score (nSPS) is 11.2. The standard InChI is InChI=1S/C24H27P/c1-20(2)19-22-15-13-21(14-16-22)17-18-25(23-9-5-3-6-10-23)24-11-7-4-8-12-24/h3-16,20H,17-19H2,1-2H3. The molecule has 3 rings (SSSR count). The van der Waals surface area contributed by atoms with Crippen LogP contribution in [0, 0.1) is 5.92 Å². The van der Waals surface area contributed by atoms with Crippen molar-refractivity contribution in [3.8, 4) is 0 Å². The predicted octanol–water partition coefficient (Wildman–Crippen LogP) is 5.56. The molecule has 0 atom stereocenters.